The lowest BCUT2D eigenvalue weighted by molar-refractivity contribution is -0.135. The molecule has 2 heterocycles. The average Bonchev–Trinajstić information content (AvgIpc) is 3.33. The highest BCUT2D eigenvalue weighted by Crippen LogP contribution is 2.15. The van der Waals surface area contributed by atoms with Gasteiger partial charge in [-0.3, -0.25) is 14.5 Å². The van der Waals surface area contributed by atoms with Gasteiger partial charge in [0, 0.05) is 51.3 Å². The average molecular weight is 422 g/mol. The van der Waals surface area contributed by atoms with Crippen molar-refractivity contribution in [2.75, 3.05) is 39.3 Å². The van der Waals surface area contributed by atoms with Crippen LogP contribution in [0.4, 0.5) is 0 Å². The Bertz CT molecular complexity index is 845. The number of hydrogen-bond donors (Lipinski definition) is 1. The topological polar surface area (TPSA) is 61.9 Å². The van der Waals surface area contributed by atoms with Crippen molar-refractivity contribution >= 4 is 11.8 Å². The van der Waals surface area contributed by atoms with Gasteiger partial charge in [-0.15, -0.1) is 0 Å². The van der Waals surface area contributed by atoms with E-state index in [2.05, 4.69) is 10.2 Å². The SMILES string of the molecule is O=C(NC(Cc1ccccc1)C(=O)N1CCN(CC2CCCO2)CC1)c1ccccc1. The lowest BCUT2D eigenvalue weighted by Gasteiger charge is -2.37. The summed E-state index contributed by atoms with van der Waals surface area (Å²) in [6.07, 6.45) is 3.09. The van der Waals surface area contributed by atoms with Gasteiger partial charge >= 0.3 is 0 Å². The second kappa shape index (κ2) is 10.6. The van der Waals surface area contributed by atoms with Gasteiger partial charge < -0.3 is 15.0 Å². The van der Waals surface area contributed by atoms with Crippen molar-refractivity contribution in [1.82, 2.24) is 15.1 Å². The van der Waals surface area contributed by atoms with Gasteiger partial charge in [0.1, 0.15) is 6.04 Å². The number of ether oxygens (including phenoxy) is 1. The molecule has 2 aliphatic heterocycles. The molecule has 2 fully saturated rings. The highest BCUT2D eigenvalue weighted by atomic mass is 16.5. The second-order valence-corrected chi connectivity index (χ2v) is 8.34. The molecule has 0 aromatic heterocycles. The van der Waals surface area contributed by atoms with E-state index in [1.807, 2.05) is 53.4 Å². The summed E-state index contributed by atoms with van der Waals surface area (Å²) in [5.74, 6) is -0.225. The summed E-state index contributed by atoms with van der Waals surface area (Å²) in [6.45, 7) is 4.86. The molecule has 6 heteroatoms. The van der Waals surface area contributed by atoms with Crippen LogP contribution in [0.15, 0.2) is 60.7 Å². The largest absolute Gasteiger partial charge is 0.377 e. The van der Waals surface area contributed by atoms with Crippen LogP contribution in [-0.2, 0) is 16.0 Å². The van der Waals surface area contributed by atoms with Crippen molar-refractivity contribution in [2.45, 2.75) is 31.4 Å². The molecule has 0 radical (unpaired) electrons. The van der Waals surface area contributed by atoms with E-state index < -0.39 is 6.04 Å². The molecule has 2 atom stereocenters. The second-order valence-electron chi connectivity index (χ2n) is 8.34. The number of amides is 2. The van der Waals surface area contributed by atoms with E-state index in [-0.39, 0.29) is 11.8 Å². The number of hydrogen-bond acceptors (Lipinski definition) is 4. The molecule has 2 unspecified atom stereocenters. The summed E-state index contributed by atoms with van der Waals surface area (Å²) in [5.41, 5.74) is 1.60. The van der Waals surface area contributed by atoms with Gasteiger partial charge in [-0.1, -0.05) is 48.5 Å². The van der Waals surface area contributed by atoms with E-state index in [0.29, 0.717) is 31.2 Å². The molecule has 6 nitrogen and oxygen atoms in total. The lowest BCUT2D eigenvalue weighted by Crippen LogP contribution is -2.56. The molecule has 0 spiro atoms. The van der Waals surface area contributed by atoms with Crippen LogP contribution < -0.4 is 5.32 Å². The highest BCUT2D eigenvalue weighted by Gasteiger charge is 2.30. The van der Waals surface area contributed by atoms with Crippen molar-refractivity contribution in [3.05, 3.63) is 71.8 Å². The molecule has 0 saturated carbocycles. The smallest absolute Gasteiger partial charge is 0.251 e. The molecule has 2 aromatic rings. The minimum Gasteiger partial charge on any atom is -0.377 e. The molecule has 0 bridgehead atoms. The number of rotatable bonds is 7. The maximum absolute atomic E-state index is 13.4. The zero-order valence-corrected chi connectivity index (χ0v) is 17.9. The van der Waals surface area contributed by atoms with E-state index in [0.717, 1.165) is 44.6 Å². The maximum atomic E-state index is 13.4. The Balaban J connectivity index is 1.39. The van der Waals surface area contributed by atoms with E-state index in [1.165, 1.54) is 0 Å². The van der Waals surface area contributed by atoms with Gasteiger partial charge in [-0.05, 0) is 30.5 Å². The fourth-order valence-corrected chi connectivity index (χ4v) is 4.33. The van der Waals surface area contributed by atoms with E-state index in [9.17, 15) is 9.59 Å². The standard InChI is InChI=1S/C25H31N3O3/c29-24(21-10-5-2-6-11-21)26-23(18-20-8-3-1-4-9-20)25(30)28-15-13-27(14-16-28)19-22-12-7-17-31-22/h1-6,8-11,22-23H,7,12-19H2,(H,26,29). The third kappa shape index (κ3) is 5.93. The van der Waals surface area contributed by atoms with Crippen LogP contribution in [0.5, 0.6) is 0 Å². The predicted molar refractivity (Wildman–Crippen MR) is 120 cm³/mol. The summed E-state index contributed by atoms with van der Waals surface area (Å²) < 4.78 is 5.75. The first-order valence-corrected chi connectivity index (χ1v) is 11.2. The molecule has 2 amide bonds. The van der Waals surface area contributed by atoms with Crippen molar-refractivity contribution in [2.24, 2.45) is 0 Å². The van der Waals surface area contributed by atoms with Crippen LogP contribution in [-0.4, -0.2) is 73.1 Å². The minimum atomic E-state index is -0.583. The van der Waals surface area contributed by atoms with Crippen LogP contribution in [0.3, 0.4) is 0 Å². The number of nitrogens with one attached hydrogen (secondary N) is 1. The predicted octanol–water partition coefficient (Wildman–Crippen LogP) is 2.35. The molecule has 2 aromatic carbocycles. The fourth-order valence-electron chi connectivity index (χ4n) is 4.33. The Morgan fingerprint density at radius 1 is 0.968 bits per heavy atom. The minimum absolute atomic E-state index is 0.00935. The molecular formula is C25H31N3O3. The normalized spacial score (nSPS) is 20.4. The summed E-state index contributed by atoms with van der Waals surface area (Å²) in [5, 5.41) is 2.99. The van der Waals surface area contributed by atoms with Crippen molar-refractivity contribution < 1.29 is 14.3 Å². The van der Waals surface area contributed by atoms with Gasteiger partial charge in [0.05, 0.1) is 6.10 Å². The Hall–Kier alpha value is -2.70. The molecule has 2 aliphatic rings. The van der Waals surface area contributed by atoms with E-state index in [4.69, 9.17) is 4.74 Å². The first-order chi connectivity index (χ1) is 15.2. The van der Waals surface area contributed by atoms with E-state index >= 15 is 0 Å². The number of carbonyl (C=O) groups is 2. The van der Waals surface area contributed by atoms with Gasteiger partial charge in [-0.2, -0.15) is 0 Å². The molecule has 1 N–H and O–H groups in total. The van der Waals surface area contributed by atoms with Crippen LogP contribution in [0, 0.1) is 0 Å². The van der Waals surface area contributed by atoms with Gasteiger partial charge in [0.15, 0.2) is 0 Å². The van der Waals surface area contributed by atoms with Crippen molar-refractivity contribution in [3.63, 3.8) is 0 Å². The van der Waals surface area contributed by atoms with Crippen LogP contribution >= 0.6 is 0 Å². The quantitative estimate of drug-likeness (QED) is 0.746. The number of nitrogens with zero attached hydrogens (tertiary/aromatic N) is 2. The van der Waals surface area contributed by atoms with Crippen molar-refractivity contribution in [3.8, 4) is 0 Å². The van der Waals surface area contributed by atoms with E-state index in [1.54, 1.807) is 12.1 Å². The monoisotopic (exact) mass is 421 g/mol. The zero-order chi connectivity index (χ0) is 21.5. The Kier molecular flexibility index (Phi) is 7.33. The number of benzene rings is 2. The molecule has 4 rings (SSSR count). The molecule has 164 valence electrons. The van der Waals surface area contributed by atoms with Crippen LogP contribution in [0.2, 0.25) is 0 Å². The summed E-state index contributed by atoms with van der Waals surface area (Å²) >= 11 is 0. The fraction of sp³-hybridized carbons (Fsp3) is 0.440. The summed E-state index contributed by atoms with van der Waals surface area (Å²) in [6, 6.07) is 18.3. The Labute approximate surface area is 184 Å². The summed E-state index contributed by atoms with van der Waals surface area (Å²) in [4.78, 5) is 30.4. The zero-order valence-electron chi connectivity index (χ0n) is 17.9. The first-order valence-electron chi connectivity index (χ1n) is 11.2. The van der Waals surface area contributed by atoms with Crippen molar-refractivity contribution in [1.29, 1.82) is 0 Å². The molecule has 0 aliphatic carbocycles. The first kappa shape index (κ1) is 21.5. The number of carbonyl (C=O) groups excluding carboxylic acids is 2. The third-order valence-electron chi connectivity index (χ3n) is 6.09. The molecule has 31 heavy (non-hydrogen) atoms. The maximum Gasteiger partial charge on any atom is 0.251 e. The molecular weight excluding hydrogens is 390 g/mol. The molecule has 2 saturated heterocycles. The summed E-state index contributed by atoms with van der Waals surface area (Å²) in [7, 11) is 0. The Morgan fingerprint density at radius 2 is 1.65 bits per heavy atom. The Morgan fingerprint density at radius 3 is 2.29 bits per heavy atom. The lowest BCUT2D eigenvalue weighted by atomic mass is 10.0. The van der Waals surface area contributed by atoms with Gasteiger partial charge in [-0.25, -0.2) is 0 Å². The van der Waals surface area contributed by atoms with Crippen LogP contribution in [0.1, 0.15) is 28.8 Å². The van der Waals surface area contributed by atoms with Gasteiger partial charge in [0.25, 0.3) is 5.91 Å². The number of piperazine rings is 1. The van der Waals surface area contributed by atoms with Gasteiger partial charge in [0.2, 0.25) is 5.91 Å². The van der Waals surface area contributed by atoms with Crippen LogP contribution in [0.25, 0.3) is 0 Å². The highest BCUT2D eigenvalue weighted by molar-refractivity contribution is 5.97. The third-order valence-corrected chi connectivity index (χ3v) is 6.09.